The van der Waals surface area contributed by atoms with Gasteiger partial charge in [0.05, 0.1) is 23.3 Å². The Balaban J connectivity index is 1.58. The maximum atomic E-state index is 13.4. The number of aliphatic hydroxyl groups excluding tert-OH is 2. The van der Waals surface area contributed by atoms with Gasteiger partial charge >= 0.3 is 11.9 Å². The number of thiazole rings is 1. The molecule has 0 saturated carbocycles. The molecule has 1 fully saturated rings. The van der Waals surface area contributed by atoms with Crippen LogP contribution in [0.3, 0.4) is 0 Å². The van der Waals surface area contributed by atoms with Crippen molar-refractivity contribution >= 4 is 29.4 Å². The minimum atomic E-state index is -0.861. The molecule has 0 aromatic carbocycles. The van der Waals surface area contributed by atoms with Gasteiger partial charge in [-0.2, -0.15) is 0 Å². The molecule has 1 saturated heterocycles. The standard InChI is InChI=1S/C43H55N3O8S/c1-8-18-34(47)42(3,4)36-23-14-12-10-11-13-20-29(51-7)26-39-46-33(28-55-39)41(50)54-37(43(5,6)35(48)19-9-2)24-17-22-31-30(44-31)21-15-16-25-38-45-32(27-52-38)40(49)53-36/h8-22,25,27-31,34-37,44,47-48H,23-24,26H2,1-7H3/b11-10-,14-12-,18-8+,19-9+,20-13+,21-15+,22-17-,25-16-/t29-,30-,31+,34-,35-,36-,37-/m0/s1. The SMILES string of the molecule is C/C=C/[C@H](O)C(C)(C)[C@@H]1C\C=C/C=C\C=C\[C@H](OC)Cc2nc(cs2)C(=O)O[C@H](C(C)(C)[C@@H](O)/C=C/C)C/C=C\[C@H]2N[C@H]2/C=C/C=C\c2nc(co2)C(=O)O1. The lowest BCUT2D eigenvalue weighted by molar-refractivity contribution is -0.0461. The molecule has 4 bridgehead atoms. The Hall–Kier alpha value is -4.46. The van der Waals surface area contributed by atoms with Crippen molar-refractivity contribution in [3.63, 3.8) is 0 Å². The molecule has 296 valence electrons. The highest BCUT2D eigenvalue weighted by molar-refractivity contribution is 7.09. The van der Waals surface area contributed by atoms with Crippen LogP contribution in [0.4, 0.5) is 0 Å². The van der Waals surface area contributed by atoms with Gasteiger partial charge in [0.2, 0.25) is 5.89 Å². The maximum Gasteiger partial charge on any atom is 0.360 e. The predicted octanol–water partition coefficient (Wildman–Crippen LogP) is 7.29. The average Bonchev–Trinajstić information content (AvgIpc) is 3.47. The van der Waals surface area contributed by atoms with E-state index >= 15 is 0 Å². The highest BCUT2D eigenvalue weighted by Crippen LogP contribution is 2.34. The molecule has 2 aromatic rings. The highest BCUT2D eigenvalue weighted by Gasteiger charge is 2.39. The zero-order valence-corrected chi connectivity index (χ0v) is 33.5. The molecule has 0 radical (unpaired) electrons. The van der Waals surface area contributed by atoms with E-state index in [0.717, 1.165) is 5.01 Å². The Morgan fingerprint density at radius 1 is 0.818 bits per heavy atom. The van der Waals surface area contributed by atoms with E-state index in [9.17, 15) is 19.8 Å². The number of carbonyl (C=O) groups excluding carboxylic acids is 2. The van der Waals surface area contributed by atoms with Gasteiger partial charge in [-0.25, -0.2) is 19.6 Å². The summed E-state index contributed by atoms with van der Waals surface area (Å²) in [5.41, 5.74) is -1.37. The minimum absolute atomic E-state index is 0.0275. The van der Waals surface area contributed by atoms with Crippen LogP contribution in [-0.2, 0) is 20.6 Å². The number of oxazole rings is 1. The number of nitrogens with zero attached hydrogens (tertiary/aromatic N) is 2. The second kappa shape index (κ2) is 20.5. The van der Waals surface area contributed by atoms with Crippen molar-refractivity contribution in [1.29, 1.82) is 0 Å². The molecule has 55 heavy (non-hydrogen) atoms. The van der Waals surface area contributed by atoms with Crippen molar-refractivity contribution in [2.45, 2.75) is 103 Å². The molecule has 12 heteroatoms. The third-order valence-electron chi connectivity index (χ3n) is 9.77. The summed E-state index contributed by atoms with van der Waals surface area (Å²) in [5.74, 6) is -0.956. The first-order chi connectivity index (χ1) is 26.3. The van der Waals surface area contributed by atoms with Gasteiger partial charge in [0.15, 0.2) is 11.4 Å². The van der Waals surface area contributed by atoms with E-state index in [2.05, 4.69) is 15.3 Å². The molecule has 4 heterocycles. The van der Waals surface area contributed by atoms with Crippen molar-refractivity contribution in [1.82, 2.24) is 15.3 Å². The number of allylic oxidation sites excluding steroid dienone is 8. The van der Waals surface area contributed by atoms with Crippen LogP contribution < -0.4 is 5.32 Å². The van der Waals surface area contributed by atoms with E-state index in [-0.39, 0.29) is 35.5 Å². The zero-order valence-electron chi connectivity index (χ0n) is 32.7. The lowest BCUT2D eigenvalue weighted by Gasteiger charge is -2.36. The first-order valence-corrected chi connectivity index (χ1v) is 19.4. The summed E-state index contributed by atoms with van der Waals surface area (Å²) in [5, 5.41) is 27.6. The fourth-order valence-corrected chi connectivity index (χ4v) is 6.58. The van der Waals surface area contributed by atoms with Crippen molar-refractivity contribution in [3.8, 4) is 0 Å². The molecule has 2 aliphatic heterocycles. The molecule has 3 N–H and O–H groups in total. The Morgan fingerprint density at radius 2 is 1.42 bits per heavy atom. The third kappa shape index (κ3) is 12.5. The zero-order chi connectivity index (χ0) is 40.0. The van der Waals surface area contributed by atoms with Gasteiger partial charge in [0, 0.05) is 60.7 Å². The molecule has 11 nitrogen and oxygen atoms in total. The number of cyclic esters (lactones) is 2. The quantitative estimate of drug-likeness (QED) is 0.147. The molecular weight excluding hydrogens is 719 g/mol. The Morgan fingerprint density at radius 3 is 2.07 bits per heavy atom. The predicted molar refractivity (Wildman–Crippen MR) is 215 cm³/mol. The monoisotopic (exact) mass is 773 g/mol. The molecule has 0 unspecified atom stereocenters. The van der Waals surface area contributed by atoms with E-state index in [1.807, 2.05) is 102 Å². The summed E-state index contributed by atoms with van der Waals surface area (Å²) in [6.07, 6.45) is 28.5. The van der Waals surface area contributed by atoms with Crippen molar-refractivity contribution < 1.29 is 38.4 Å². The summed E-state index contributed by atoms with van der Waals surface area (Å²) in [4.78, 5) is 35.5. The van der Waals surface area contributed by atoms with E-state index in [1.165, 1.54) is 17.6 Å². The molecule has 4 rings (SSSR count). The fraction of sp³-hybridized carbons (Fsp3) is 0.442. The van der Waals surface area contributed by atoms with Crippen LogP contribution in [-0.4, -0.2) is 81.8 Å². The average molecular weight is 774 g/mol. The number of aliphatic hydroxyl groups is 2. The Bertz CT molecular complexity index is 1810. The Kier molecular flexibility index (Phi) is 16.1. The van der Waals surface area contributed by atoms with Gasteiger partial charge < -0.3 is 34.2 Å². The maximum absolute atomic E-state index is 13.4. The topological polar surface area (TPSA) is 163 Å². The number of ether oxygens (including phenoxy) is 3. The van der Waals surface area contributed by atoms with Crippen LogP contribution in [0.25, 0.3) is 6.08 Å². The van der Waals surface area contributed by atoms with Crippen LogP contribution in [0.5, 0.6) is 0 Å². The summed E-state index contributed by atoms with van der Waals surface area (Å²) in [7, 11) is 1.61. The van der Waals surface area contributed by atoms with Gasteiger partial charge in [0.25, 0.3) is 0 Å². The lowest BCUT2D eigenvalue weighted by atomic mass is 9.79. The van der Waals surface area contributed by atoms with Crippen LogP contribution in [0, 0.1) is 10.8 Å². The first-order valence-electron chi connectivity index (χ1n) is 18.5. The van der Waals surface area contributed by atoms with Gasteiger partial charge in [-0.1, -0.05) is 119 Å². The van der Waals surface area contributed by atoms with Crippen LogP contribution >= 0.6 is 11.3 Å². The molecule has 7 atom stereocenters. The number of fused-ring (bicyclic) bond motifs is 5. The second-order valence-corrected chi connectivity index (χ2v) is 15.6. The van der Waals surface area contributed by atoms with E-state index in [1.54, 1.807) is 48.9 Å². The lowest BCUT2D eigenvalue weighted by Crippen LogP contribution is -2.42. The molecule has 2 aromatic heterocycles. The van der Waals surface area contributed by atoms with E-state index in [4.69, 9.17) is 18.6 Å². The van der Waals surface area contributed by atoms with Crippen LogP contribution in [0.2, 0.25) is 0 Å². The number of esters is 2. The summed E-state index contributed by atoms with van der Waals surface area (Å²) < 4.78 is 23.1. The molecule has 0 amide bonds. The van der Waals surface area contributed by atoms with Crippen LogP contribution in [0.15, 0.2) is 107 Å². The third-order valence-corrected chi connectivity index (χ3v) is 10.6. The summed E-state index contributed by atoms with van der Waals surface area (Å²) >= 11 is 1.36. The second-order valence-electron chi connectivity index (χ2n) is 14.6. The smallest absolute Gasteiger partial charge is 0.360 e. The van der Waals surface area contributed by atoms with Crippen LogP contribution in [0.1, 0.15) is 86.3 Å². The number of nitrogens with one attached hydrogen (secondary N) is 1. The summed E-state index contributed by atoms with van der Waals surface area (Å²) in [6.45, 7) is 11.1. The van der Waals surface area contributed by atoms with Gasteiger partial charge in [-0.3, -0.25) is 0 Å². The van der Waals surface area contributed by atoms with Crippen molar-refractivity contribution in [2.24, 2.45) is 10.8 Å². The molecule has 2 aliphatic rings. The largest absolute Gasteiger partial charge is 0.457 e. The van der Waals surface area contributed by atoms with Crippen molar-refractivity contribution in [2.75, 3.05) is 7.11 Å². The Labute approximate surface area is 328 Å². The number of hydrogen-bond donors (Lipinski definition) is 3. The number of rotatable bonds is 7. The number of aromatic nitrogens is 2. The van der Waals surface area contributed by atoms with Gasteiger partial charge in [-0.05, 0) is 13.8 Å². The summed E-state index contributed by atoms with van der Waals surface area (Å²) in [6, 6.07) is 0.187. The number of carbonyl (C=O) groups is 2. The molecule has 0 aliphatic carbocycles. The number of hydrogen-bond acceptors (Lipinski definition) is 12. The van der Waals surface area contributed by atoms with E-state index < -0.39 is 47.2 Å². The van der Waals surface area contributed by atoms with Gasteiger partial charge in [0.1, 0.15) is 18.5 Å². The highest BCUT2D eigenvalue weighted by atomic mass is 32.1. The number of methoxy groups -OCH3 is 1. The fourth-order valence-electron chi connectivity index (χ4n) is 5.77. The van der Waals surface area contributed by atoms with E-state index in [0.29, 0.717) is 19.3 Å². The normalized spacial score (nSPS) is 28.3. The minimum Gasteiger partial charge on any atom is -0.457 e. The van der Waals surface area contributed by atoms with Gasteiger partial charge in [-0.15, -0.1) is 11.3 Å². The first kappa shape index (κ1) is 43.3. The molecule has 0 spiro atoms. The van der Waals surface area contributed by atoms with Crippen molar-refractivity contribution in [3.05, 3.63) is 125 Å². The molecular formula is C43H55N3O8S.